The summed E-state index contributed by atoms with van der Waals surface area (Å²) in [5, 5.41) is 1.61. The van der Waals surface area contributed by atoms with Crippen LogP contribution in [0.1, 0.15) is 26.3 Å². The zero-order valence-electron chi connectivity index (χ0n) is 20.5. The third-order valence-corrected chi connectivity index (χ3v) is 9.46. The van der Waals surface area contributed by atoms with Crippen LogP contribution in [0.2, 0.25) is 0 Å². The molecule has 4 rings (SSSR count). The molecule has 0 aliphatic heterocycles. The number of halogens is 3. The highest BCUT2D eigenvalue weighted by Crippen LogP contribution is 2.31. The third kappa shape index (κ3) is 7.41. The van der Waals surface area contributed by atoms with E-state index in [0.29, 0.717) is 6.07 Å². The van der Waals surface area contributed by atoms with Crippen molar-refractivity contribution in [1.82, 2.24) is 10.9 Å². The van der Waals surface area contributed by atoms with Crippen molar-refractivity contribution < 1.29 is 39.6 Å². The summed E-state index contributed by atoms with van der Waals surface area (Å²) in [6, 6.07) is 16.6. The Morgan fingerprint density at radius 1 is 0.659 bits per heavy atom. The Labute approximate surface area is 236 Å². The van der Waals surface area contributed by atoms with Gasteiger partial charge in [-0.3, -0.25) is 29.9 Å². The number of anilines is 2. The molecule has 4 N–H and O–H groups in total. The molecule has 41 heavy (non-hydrogen) atoms. The zero-order valence-corrected chi connectivity index (χ0v) is 22.9. The lowest BCUT2D eigenvalue weighted by molar-refractivity contribution is -0.137. The molecule has 214 valence electrons. The molecule has 0 fully saturated rings. The van der Waals surface area contributed by atoms with Gasteiger partial charge in [0.1, 0.15) is 4.21 Å². The first kappa shape index (κ1) is 29.6. The maximum atomic E-state index is 13.0. The van der Waals surface area contributed by atoms with E-state index in [0.717, 1.165) is 41.7 Å². The van der Waals surface area contributed by atoms with Crippen molar-refractivity contribution in [2.45, 2.75) is 15.3 Å². The van der Waals surface area contributed by atoms with Crippen LogP contribution < -0.4 is 20.3 Å². The maximum absolute atomic E-state index is 13.0. The third-order valence-electron chi connectivity index (χ3n) is 5.30. The van der Waals surface area contributed by atoms with Gasteiger partial charge in [-0.25, -0.2) is 16.8 Å². The molecule has 0 radical (unpaired) electrons. The van der Waals surface area contributed by atoms with Gasteiger partial charge in [0.05, 0.1) is 10.5 Å². The van der Waals surface area contributed by atoms with E-state index in [1.165, 1.54) is 42.5 Å². The van der Waals surface area contributed by atoms with Gasteiger partial charge >= 0.3 is 6.18 Å². The lowest BCUT2D eigenvalue weighted by Gasteiger charge is -2.12. The molecule has 1 aromatic heterocycles. The van der Waals surface area contributed by atoms with Crippen molar-refractivity contribution in [2.75, 3.05) is 9.44 Å². The Kier molecular flexibility index (Phi) is 8.37. The summed E-state index contributed by atoms with van der Waals surface area (Å²) in [6.45, 7) is 0. The van der Waals surface area contributed by atoms with Gasteiger partial charge in [0, 0.05) is 22.5 Å². The van der Waals surface area contributed by atoms with E-state index in [9.17, 15) is 39.6 Å². The molecule has 0 spiro atoms. The Balaban J connectivity index is 1.38. The number of carbonyl (C=O) groups excluding carboxylic acids is 2. The Hall–Kier alpha value is -4.41. The van der Waals surface area contributed by atoms with E-state index in [1.807, 2.05) is 4.72 Å². The van der Waals surface area contributed by atoms with Gasteiger partial charge < -0.3 is 0 Å². The number of hydrazine groups is 1. The Morgan fingerprint density at radius 2 is 1.29 bits per heavy atom. The standard InChI is InChI=1S/C25H19F3N4O6S3/c26-25(27,28)18-5-2-6-20(15-18)32-40(35,36)21-7-1-4-17(14-21)24(34)30-29-23(33)16-9-11-19(12-10-16)31-41(37,38)22-8-3-13-39-22/h1-15,31-32H,(H,29,33)(H,30,34). The zero-order chi connectivity index (χ0) is 29.8. The molecule has 1 heterocycles. The van der Waals surface area contributed by atoms with Crippen LogP contribution >= 0.6 is 11.3 Å². The fourth-order valence-corrected chi connectivity index (χ4v) is 6.49. The largest absolute Gasteiger partial charge is 0.416 e. The van der Waals surface area contributed by atoms with Crippen LogP contribution in [0.3, 0.4) is 0 Å². The van der Waals surface area contributed by atoms with Crippen molar-refractivity contribution >= 4 is 54.6 Å². The molecule has 0 aliphatic rings. The van der Waals surface area contributed by atoms with Crippen LogP contribution in [0, 0.1) is 0 Å². The van der Waals surface area contributed by atoms with Gasteiger partial charge in [-0.05, 0) is 72.1 Å². The average molecular weight is 625 g/mol. The van der Waals surface area contributed by atoms with Crippen molar-refractivity contribution in [2.24, 2.45) is 0 Å². The van der Waals surface area contributed by atoms with Crippen LogP contribution in [0.25, 0.3) is 0 Å². The summed E-state index contributed by atoms with van der Waals surface area (Å²) >= 11 is 1.04. The van der Waals surface area contributed by atoms with Crippen molar-refractivity contribution in [1.29, 1.82) is 0 Å². The number of hydrogen-bond acceptors (Lipinski definition) is 7. The monoisotopic (exact) mass is 624 g/mol. The van der Waals surface area contributed by atoms with E-state index in [2.05, 4.69) is 15.6 Å². The lowest BCUT2D eigenvalue weighted by Crippen LogP contribution is -2.41. The summed E-state index contributed by atoms with van der Waals surface area (Å²) in [7, 11) is -8.15. The van der Waals surface area contributed by atoms with Gasteiger partial charge in [-0.1, -0.05) is 18.2 Å². The van der Waals surface area contributed by atoms with Crippen LogP contribution in [-0.2, 0) is 26.2 Å². The quantitative estimate of drug-likeness (QED) is 0.213. The second kappa shape index (κ2) is 11.6. The molecule has 0 saturated heterocycles. The Bertz CT molecular complexity index is 1790. The van der Waals surface area contributed by atoms with Crippen molar-refractivity contribution in [3.05, 3.63) is 107 Å². The molecule has 16 heteroatoms. The maximum Gasteiger partial charge on any atom is 0.416 e. The number of carbonyl (C=O) groups is 2. The van der Waals surface area contributed by atoms with Gasteiger partial charge in [0.15, 0.2) is 0 Å². The van der Waals surface area contributed by atoms with Gasteiger partial charge in [-0.15, -0.1) is 11.3 Å². The second-order valence-corrected chi connectivity index (χ2v) is 12.8. The van der Waals surface area contributed by atoms with Crippen molar-refractivity contribution in [3.63, 3.8) is 0 Å². The Morgan fingerprint density at radius 3 is 1.93 bits per heavy atom. The van der Waals surface area contributed by atoms with Gasteiger partial charge in [-0.2, -0.15) is 13.2 Å². The van der Waals surface area contributed by atoms with Crippen LogP contribution in [0.4, 0.5) is 24.5 Å². The number of alkyl halides is 3. The normalized spacial score (nSPS) is 11.9. The van der Waals surface area contributed by atoms with Gasteiger partial charge in [0.2, 0.25) is 0 Å². The predicted molar refractivity (Wildman–Crippen MR) is 145 cm³/mol. The molecular formula is C25H19F3N4O6S3. The number of amides is 2. The first-order valence-corrected chi connectivity index (χ1v) is 15.2. The molecule has 2 amide bonds. The molecule has 4 aromatic rings. The average Bonchev–Trinajstić information content (AvgIpc) is 3.48. The molecule has 3 aromatic carbocycles. The number of nitrogens with one attached hydrogen (secondary N) is 4. The number of rotatable bonds is 8. The molecular weight excluding hydrogens is 605 g/mol. The van der Waals surface area contributed by atoms with E-state index < -0.39 is 48.5 Å². The minimum absolute atomic E-state index is 0.0750. The van der Waals surface area contributed by atoms with E-state index in [-0.39, 0.29) is 26.7 Å². The van der Waals surface area contributed by atoms with Crippen LogP contribution in [0.5, 0.6) is 0 Å². The fourth-order valence-electron chi connectivity index (χ4n) is 3.35. The first-order chi connectivity index (χ1) is 19.2. The molecule has 0 aliphatic carbocycles. The number of thiophene rings is 1. The summed E-state index contributed by atoms with van der Waals surface area (Å²) in [6.07, 6.45) is -4.67. The summed E-state index contributed by atoms with van der Waals surface area (Å²) < 4.78 is 93.5. The van der Waals surface area contributed by atoms with E-state index in [1.54, 1.807) is 11.4 Å². The topological polar surface area (TPSA) is 151 Å². The second-order valence-electron chi connectivity index (χ2n) is 8.24. The van der Waals surface area contributed by atoms with Crippen molar-refractivity contribution in [3.8, 4) is 0 Å². The molecule has 0 atom stereocenters. The predicted octanol–water partition coefficient (Wildman–Crippen LogP) is 4.44. The first-order valence-electron chi connectivity index (χ1n) is 11.3. The van der Waals surface area contributed by atoms with Crippen LogP contribution in [0.15, 0.2) is 99.4 Å². The molecule has 0 unspecified atom stereocenters. The van der Waals surface area contributed by atoms with Crippen LogP contribution in [-0.4, -0.2) is 28.6 Å². The SMILES string of the molecule is O=C(NNC(=O)c1cccc(S(=O)(=O)Nc2cccc(C(F)(F)F)c2)c1)c1ccc(NS(=O)(=O)c2cccs2)cc1. The highest BCUT2D eigenvalue weighted by atomic mass is 32.2. The number of sulfonamides is 2. The van der Waals surface area contributed by atoms with E-state index in [4.69, 9.17) is 0 Å². The summed E-state index contributed by atoms with van der Waals surface area (Å²) in [5.74, 6) is -1.63. The molecule has 0 saturated carbocycles. The van der Waals surface area contributed by atoms with Gasteiger partial charge in [0.25, 0.3) is 31.9 Å². The summed E-state index contributed by atoms with van der Waals surface area (Å²) in [4.78, 5) is 24.6. The number of benzene rings is 3. The minimum atomic E-state index is -4.67. The lowest BCUT2D eigenvalue weighted by atomic mass is 10.2. The minimum Gasteiger partial charge on any atom is -0.280 e. The number of hydrogen-bond donors (Lipinski definition) is 4. The summed E-state index contributed by atoms with van der Waals surface area (Å²) in [5.41, 5.74) is 3.03. The molecule has 10 nitrogen and oxygen atoms in total. The van der Waals surface area contributed by atoms with E-state index >= 15 is 0 Å². The fraction of sp³-hybridized carbons (Fsp3) is 0.0400. The smallest absolute Gasteiger partial charge is 0.280 e. The molecule has 0 bridgehead atoms. The highest BCUT2D eigenvalue weighted by Gasteiger charge is 2.31. The highest BCUT2D eigenvalue weighted by molar-refractivity contribution is 7.94.